The maximum Gasteiger partial charge on any atom is 0.338 e. The summed E-state index contributed by atoms with van der Waals surface area (Å²) >= 11 is 0. The first kappa shape index (κ1) is 24.7. The van der Waals surface area contributed by atoms with Crippen LogP contribution in [0.15, 0.2) is 47.4 Å². The number of carbonyl (C=O) groups excluding carboxylic acids is 2. The average Bonchev–Trinajstić information content (AvgIpc) is 3.14. The summed E-state index contributed by atoms with van der Waals surface area (Å²) in [6.45, 7) is 7.48. The van der Waals surface area contributed by atoms with Crippen molar-refractivity contribution < 1.29 is 27.5 Å². The predicted octanol–water partition coefficient (Wildman–Crippen LogP) is 3.25. The van der Waals surface area contributed by atoms with Crippen LogP contribution in [0.5, 0.6) is 5.75 Å². The minimum atomic E-state index is -3.87. The molecule has 1 heterocycles. The number of nitrogens with zero attached hydrogens (tertiary/aromatic N) is 2. The van der Waals surface area contributed by atoms with Gasteiger partial charge in [0.2, 0.25) is 10.0 Å². The van der Waals surface area contributed by atoms with Crippen LogP contribution in [-0.4, -0.2) is 56.9 Å². The van der Waals surface area contributed by atoms with Crippen LogP contribution in [0.2, 0.25) is 0 Å². The van der Waals surface area contributed by atoms with E-state index in [0.717, 1.165) is 17.7 Å². The lowest BCUT2D eigenvalue weighted by molar-refractivity contribution is -0.126. The lowest BCUT2D eigenvalue weighted by Gasteiger charge is -2.26. The number of anilines is 1. The number of esters is 1. The Hall–Kier alpha value is -2.91. The molecule has 0 saturated carbocycles. The lowest BCUT2D eigenvalue weighted by Crippen LogP contribution is -2.43. The number of para-hydroxylation sites is 1. The second-order valence-electron chi connectivity index (χ2n) is 7.89. The van der Waals surface area contributed by atoms with Crippen LogP contribution in [0.4, 0.5) is 5.69 Å². The van der Waals surface area contributed by atoms with Gasteiger partial charge in [-0.1, -0.05) is 32.0 Å². The Morgan fingerprint density at radius 1 is 1.15 bits per heavy atom. The minimum Gasteiger partial charge on any atom is -0.495 e. The molecule has 2 aromatic carbocycles. The maximum absolute atomic E-state index is 13.1. The molecule has 0 saturated heterocycles. The number of rotatable bonds is 8. The van der Waals surface area contributed by atoms with Gasteiger partial charge in [0.25, 0.3) is 5.91 Å². The third-order valence-electron chi connectivity index (χ3n) is 5.80. The van der Waals surface area contributed by atoms with Crippen molar-refractivity contribution in [2.75, 3.05) is 25.1 Å². The Balaban J connectivity index is 1.84. The van der Waals surface area contributed by atoms with E-state index < -0.39 is 22.1 Å². The molecular weight excluding hydrogens is 444 g/mol. The number of amides is 1. The van der Waals surface area contributed by atoms with Crippen molar-refractivity contribution in [2.24, 2.45) is 0 Å². The predicted molar refractivity (Wildman–Crippen MR) is 125 cm³/mol. The number of benzene rings is 2. The Labute approximate surface area is 195 Å². The van der Waals surface area contributed by atoms with Gasteiger partial charge in [-0.25, -0.2) is 13.2 Å². The van der Waals surface area contributed by atoms with E-state index in [1.807, 2.05) is 31.2 Å². The topological polar surface area (TPSA) is 93.2 Å². The van der Waals surface area contributed by atoms with Crippen molar-refractivity contribution in [1.82, 2.24) is 4.31 Å². The average molecular weight is 475 g/mol. The molecule has 33 heavy (non-hydrogen) atoms. The number of hydrogen-bond donors (Lipinski definition) is 0. The van der Waals surface area contributed by atoms with Crippen LogP contribution < -0.4 is 9.64 Å². The zero-order chi connectivity index (χ0) is 24.3. The molecule has 0 fully saturated rings. The molecule has 8 nitrogen and oxygen atoms in total. The molecule has 0 aromatic heterocycles. The van der Waals surface area contributed by atoms with Crippen LogP contribution in [0.1, 0.15) is 43.6 Å². The summed E-state index contributed by atoms with van der Waals surface area (Å²) in [5, 5.41) is 0. The highest BCUT2D eigenvalue weighted by molar-refractivity contribution is 7.89. The van der Waals surface area contributed by atoms with Gasteiger partial charge in [0.15, 0.2) is 6.10 Å². The molecular formula is C24H30N2O6S. The highest BCUT2D eigenvalue weighted by atomic mass is 32.2. The lowest BCUT2D eigenvalue weighted by atomic mass is 10.1. The molecule has 1 amide bonds. The summed E-state index contributed by atoms with van der Waals surface area (Å²) in [4.78, 5) is 27.5. The number of fused-ring (bicyclic) bond motifs is 1. The van der Waals surface area contributed by atoms with Gasteiger partial charge in [0, 0.05) is 24.8 Å². The first-order chi connectivity index (χ1) is 15.6. The highest BCUT2D eigenvalue weighted by Crippen LogP contribution is 2.33. The zero-order valence-corrected chi connectivity index (χ0v) is 20.4. The Bertz CT molecular complexity index is 1140. The van der Waals surface area contributed by atoms with Gasteiger partial charge in [-0.05, 0) is 50.1 Å². The number of sulfonamides is 1. The van der Waals surface area contributed by atoms with E-state index in [2.05, 4.69) is 0 Å². The van der Waals surface area contributed by atoms with Gasteiger partial charge < -0.3 is 14.4 Å². The maximum atomic E-state index is 13.1. The van der Waals surface area contributed by atoms with Crippen molar-refractivity contribution in [3.05, 3.63) is 53.6 Å². The molecule has 0 N–H and O–H groups in total. The number of methoxy groups -OCH3 is 1. The Kier molecular flexibility index (Phi) is 7.44. The first-order valence-electron chi connectivity index (χ1n) is 11.0. The molecule has 2 aromatic rings. The summed E-state index contributed by atoms with van der Waals surface area (Å²) in [5.74, 6) is -0.981. The van der Waals surface area contributed by atoms with Crippen molar-refractivity contribution in [3.8, 4) is 5.75 Å². The van der Waals surface area contributed by atoms with Gasteiger partial charge in [-0.3, -0.25) is 4.79 Å². The largest absolute Gasteiger partial charge is 0.495 e. The smallest absolute Gasteiger partial charge is 0.338 e. The number of ether oxygens (including phenoxy) is 2. The standard InChI is InChI=1S/C24H30N2O6S/c1-6-25(7-2)33(29,30)22-15-19(12-13-21(22)31-5)24(28)32-17(4)23(27)26-16(3)14-18-10-8-9-11-20(18)26/h8-13,15-17H,6-7,14H2,1-5H3/t16-,17-/m0/s1. The van der Waals surface area contributed by atoms with Gasteiger partial charge in [-0.2, -0.15) is 4.31 Å². The molecule has 0 unspecified atom stereocenters. The number of hydrogen-bond acceptors (Lipinski definition) is 6. The van der Waals surface area contributed by atoms with Gasteiger partial charge >= 0.3 is 5.97 Å². The summed E-state index contributed by atoms with van der Waals surface area (Å²) in [7, 11) is -2.51. The van der Waals surface area contributed by atoms with Crippen molar-refractivity contribution in [2.45, 2.75) is 51.2 Å². The van der Waals surface area contributed by atoms with Crippen LogP contribution in [-0.2, 0) is 26.0 Å². The van der Waals surface area contributed by atoms with Crippen molar-refractivity contribution in [1.29, 1.82) is 0 Å². The van der Waals surface area contributed by atoms with E-state index in [1.54, 1.807) is 18.7 Å². The van der Waals surface area contributed by atoms with Gasteiger partial charge in [0.1, 0.15) is 10.6 Å². The molecule has 9 heteroatoms. The summed E-state index contributed by atoms with van der Waals surface area (Å²) in [6.07, 6.45) is -0.316. The van der Waals surface area contributed by atoms with Crippen LogP contribution >= 0.6 is 0 Å². The second-order valence-corrected chi connectivity index (χ2v) is 9.80. The monoisotopic (exact) mass is 474 g/mol. The first-order valence-corrected chi connectivity index (χ1v) is 12.4. The summed E-state index contributed by atoms with van der Waals surface area (Å²) < 4.78 is 38.0. The number of carbonyl (C=O) groups is 2. The third kappa shape index (κ3) is 4.74. The fourth-order valence-electron chi connectivity index (χ4n) is 4.08. The zero-order valence-electron chi connectivity index (χ0n) is 19.6. The fourth-order valence-corrected chi connectivity index (χ4v) is 5.72. The van der Waals surface area contributed by atoms with Crippen LogP contribution in [0.3, 0.4) is 0 Å². The minimum absolute atomic E-state index is 0.0241. The quantitative estimate of drug-likeness (QED) is 0.546. The van der Waals surface area contributed by atoms with Crippen molar-refractivity contribution >= 4 is 27.6 Å². The van der Waals surface area contributed by atoms with Gasteiger partial charge in [0.05, 0.1) is 12.7 Å². The van der Waals surface area contributed by atoms with E-state index in [1.165, 1.54) is 36.5 Å². The van der Waals surface area contributed by atoms with Crippen LogP contribution in [0.25, 0.3) is 0 Å². The summed E-state index contributed by atoms with van der Waals surface area (Å²) in [6, 6.07) is 11.7. The molecule has 1 aliphatic heterocycles. The van der Waals surface area contributed by atoms with E-state index in [0.29, 0.717) is 0 Å². The van der Waals surface area contributed by atoms with E-state index in [9.17, 15) is 18.0 Å². The Morgan fingerprint density at radius 2 is 1.82 bits per heavy atom. The highest BCUT2D eigenvalue weighted by Gasteiger charge is 2.35. The molecule has 0 bridgehead atoms. The normalized spacial score (nSPS) is 16.4. The van der Waals surface area contributed by atoms with E-state index in [-0.39, 0.29) is 41.2 Å². The molecule has 3 rings (SSSR count). The molecule has 178 valence electrons. The van der Waals surface area contributed by atoms with Crippen LogP contribution in [0, 0.1) is 0 Å². The second kappa shape index (κ2) is 9.93. The van der Waals surface area contributed by atoms with Gasteiger partial charge in [-0.15, -0.1) is 0 Å². The molecule has 0 spiro atoms. The summed E-state index contributed by atoms with van der Waals surface area (Å²) in [5.41, 5.74) is 1.91. The Morgan fingerprint density at radius 3 is 2.45 bits per heavy atom. The molecule has 1 aliphatic rings. The molecule has 0 radical (unpaired) electrons. The fraction of sp³-hybridized carbons (Fsp3) is 0.417. The molecule has 0 aliphatic carbocycles. The van der Waals surface area contributed by atoms with E-state index >= 15 is 0 Å². The SMILES string of the molecule is CCN(CC)S(=O)(=O)c1cc(C(=O)O[C@@H](C)C(=O)N2c3ccccc3C[C@@H]2C)ccc1OC. The molecule has 2 atom stereocenters. The van der Waals surface area contributed by atoms with Crippen molar-refractivity contribution in [3.63, 3.8) is 0 Å². The third-order valence-corrected chi connectivity index (χ3v) is 7.87. The van der Waals surface area contributed by atoms with E-state index in [4.69, 9.17) is 9.47 Å².